The van der Waals surface area contributed by atoms with E-state index in [-0.39, 0.29) is 17.9 Å². The molecular weight excluding hydrogens is 366 g/mol. The van der Waals surface area contributed by atoms with E-state index in [1.165, 1.54) is 0 Å². The van der Waals surface area contributed by atoms with Crippen molar-refractivity contribution in [1.29, 1.82) is 0 Å². The lowest BCUT2D eigenvalue weighted by Crippen LogP contribution is -2.56. The Labute approximate surface area is 164 Å². The van der Waals surface area contributed by atoms with Gasteiger partial charge in [0, 0.05) is 52.1 Å². The lowest BCUT2D eigenvalue weighted by molar-refractivity contribution is -0.189. The first-order chi connectivity index (χ1) is 13.5. The summed E-state index contributed by atoms with van der Waals surface area (Å²) in [6.45, 7) is 6.20. The van der Waals surface area contributed by atoms with Crippen LogP contribution in [0, 0.1) is 5.41 Å². The summed E-state index contributed by atoms with van der Waals surface area (Å²) in [6, 6.07) is 0. The number of nitrogens with zero attached hydrogens (tertiary/aromatic N) is 3. The Morgan fingerprint density at radius 2 is 1.29 bits per heavy atom. The third kappa shape index (κ3) is 3.45. The molecule has 3 heterocycles. The molecule has 0 radical (unpaired) electrons. The van der Waals surface area contributed by atoms with E-state index in [2.05, 4.69) is 0 Å². The SMILES string of the molecule is CCOC(=O)N1CCN(C(=O)C2(C(=O)N3CCC4(CC3)OCCO4)CC2)CC1. The molecule has 3 aliphatic heterocycles. The van der Waals surface area contributed by atoms with Crippen molar-refractivity contribution in [3.05, 3.63) is 0 Å². The maximum absolute atomic E-state index is 13.1. The van der Waals surface area contributed by atoms with E-state index < -0.39 is 11.2 Å². The highest BCUT2D eigenvalue weighted by molar-refractivity contribution is 6.08. The largest absolute Gasteiger partial charge is 0.450 e. The maximum Gasteiger partial charge on any atom is 0.409 e. The molecule has 0 atom stereocenters. The van der Waals surface area contributed by atoms with Gasteiger partial charge in [-0.15, -0.1) is 0 Å². The zero-order valence-electron chi connectivity index (χ0n) is 16.5. The van der Waals surface area contributed by atoms with Crippen LogP contribution in [-0.4, -0.2) is 97.5 Å². The maximum atomic E-state index is 13.1. The van der Waals surface area contributed by atoms with E-state index in [1.807, 2.05) is 0 Å². The molecule has 0 aromatic heterocycles. The summed E-state index contributed by atoms with van der Waals surface area (Å²) >= 11 is 0. The van der Waals surface area contributed by atoms with Gasteiger partial charge >= 0.3 is 6.09 Å². The molecule has 4 fully saturated rings. The smallest absolute Gasteiger partial charge is 0.409 e. The number of amides is 3. The van der Waals surface area contributed by atoms with Crippen LogP contribution in [0.2, 0.25) is 0 Å². The zero-order chi connectivity index (χ0) is 19.8. The van der Waals surface area contributed by atoms with E-state index in [1.54, 1.807) is 21.6 Å². The third-order valence-corrected chi connectivity index (χ3v) is 6.29. The lowest BCUT2D eigenvalue weighted by Gasteiger charge is -2.40. The first-order valence-corrected chi connectivity index (χ1v) is 10.3. The standard InChI is InChI=1S/C19H29N3O6/c1-2-26-17(25)22-11-9-21(10-12-22)16(24)18(3-4-18)15(23)20-7-5-19(6-8-20)27-13-14-28-19/h2-14H2,1H3. The number of rotatable bonds is 3. The van der Waals surface area contributed by atoms with Gasteiger partial charge in [0.05, 0.1) is 19.8 Å². The average molecular weight is 395 g/mol. The summed E-state index contributed by atoms with van der Waals surface area (Å²) in [6.07, 6.45) is 2.18. The van der Waals surface area contributed by atoms with E-state index >= 15 is 0 Å². The number of hydrogen-bond donors (Lipinski definition) is 0. The van der Waals surface area contributed by atoms with Crippen molar-refractivity contribution in [3.8, 4) is 0 Å². The summed E-state index contributed by atoms with van der Waals surface area (Å²) in [5, 5.41) is 0. The lowest BCUT2D eigenvalue weighted by atomic mass is 9.98. The van der Waals surface area contributed by atoms with Crippen LogP contribution >= 0.6 is 0 Å². The molecule has 4 aliphatic rings. The van der Waals surface area contributed by atoms with Crippen molar-refractivity contribution in [3.63, 3.8) is 0 Å². The van der Waals surface area contributed by atoms with E-state index in [0.717, 1.165) is 0 Å². The van der Waals surface area contributed by atoms with Gasteiger partial charge in [-0.1, -0.05) is 0 Å². The van der Waals surface area contributed by atoms with Crippen LogP contribution in [0.5, 0.6) is 0 Å². The van der Waals surface area contributed by atoms with Gasteiger partial charge in [0.1, 0.15) is 5.41 Å². The van der Waals surface area contributed by atoms with Gasteiger partial charge < -0.3 is 28.9 Å². The van der Waals surface area contributed by atoms with Gasteiger partial charge in [0.2, 0.25) is 11.8 Å². The Hall–Kier alpha value is -1.87. The number of likely N-dealkylation sites (tertiary alicyclic amines) is 1. The molecule has 4 rings (SSSR count). The van der Waals surface area contributed by atoms with Gasteiger partial charge in [0.15, 0.2) is 5.79 Å². The molecule has 3 saturated heterocycles. The van der Waals surface area contributed by atoms with Crippen LogP contribution in [0.3, 0.4) is 0 Å². The predicted molar refractivity (Wildman–Crippen MR) is 97.3 cm³/mol. The molecule has 28 heavy (non-hydrogen) atoms. The highest BCUT2D eigenvalue weighted by Crippen LogP contribution is 2.49. The van der Waals surface area contributed by atoms with Crippen molar-refractivity contribution < 1.29 is 28.6 Å². The van der Waals surface area contributed by atoms with Crippen LogP contribution in [0.15, 0.2) is 0 Å². The highest BCUT2D eigenvalue weighted by Gasteiger charge is 2.60. The van der Waals surface area contributed by atoms with Crippen LogP contribution < -0.4 is 0 Å². The van der Waals surface area contributed by atoms with Crippen molar-refractivity contribution in [2.24, 2.45) is 5.41 Å². The Kier molecular flexibility index (Phi) is 5.22. The molecule has 0 aromatic carbocycles. The summed E-state index contributed by atoms with van der Waals surface area (Å²) in [4.78, 5) is 43.2. The molecular formula is C19H29N3O6. The van der Waals surface area contributed by atoms with E-state index in [4.69, 9.17) is 14.2 Å². The molecule has 156 valence electrons. The summed E-state index contributed by atoms with van der Waals surface area (Å²) in [5.41, 5.74) is -0.895. The monoisotopic (exact) mass is 395 g/mol. The van der Waals surface area contributed by atoms with Crippen LogP contribution in [0.25, 0.3) is 0 Å². The Bertz CT molecular complexity index is 626. The molecule has 9 nitrogen and oxygen atoms in total. The fraction of sp³-hybridized carbons (Fsp3) is 0.842. The fourth-order valence-electron chi connectivity index (χ4n) is 4.39. The highest BCUT2D eigenvalue weighted by atomic mass is 16.7. The minimum absolute atomic E-state index is 0.0573. The second-order valence-corrected chi connectivity index (χ2v) is 7.96. The number of ether oxygens (including phenoxy) is 3. The van der Waals surface area contributed by atoms with Crippen molar-refractivity contribution in [2.75, 3.05) is 59.1 Å². The van der Waals surface area contributed by atoms with Crippen molar-refractivity contribution >= 4 is 17.9 Å². The van der Waals surface area contributed by atoms with Crippen molar-refractivity contribution in [1.82, 2.24) is 14.7 Å². The summed E-state index contributed by atoms with van der Waals surface area (Å²) < 4.78 is 16.5. The quantitative estimate of drug-likeness (QED) is 0.644. The first-order valence-electron chi connectivity index (χ1n) is 10.3. The number of hydrogen-bond acceptors (Lipinski definition) is 6. The molecule has 1 spiro atoms. The van der Waals surface area contributed by atoms with Crippen molar-refractivity contribution in [2.45, 2.75) is 38.4 Å². The molecule has 0 N–H and O–H groups in total. The van der Waals surface area contributed by atoms with Gasteiger partial charge in [0.25, 0.3) is 0 Å². The summed E-state index contributed by atoms with van der Waals surface area (Å²) in [7, 11) is 0. The van der Waals surface area contributed by atoms with Crippen LogP contribution in [-0.2, 0) is 23.8 Å². The number of carbonyl (C=O) groups is 3. The summed E-state index contributed by atoms with van der Waals surface area (Å²) in [5.74, 6) is -0.672. The number of piperazine rings is 1. The molecule has 1 saturated carbocycles. The second-order valence-electron chi connectivity index (χ2n) is 7.96. The zero-order valence-corrected chi connectivity index (χ0v) is 16.5. The first kappa shape index (κ1) is 19.4. The average Bonchev–Trinajstić information content (AvgIpc) is 3.42. The molecule has 1 aliphatic carbocycles. The second kappa shape index (κ2) is 7.51. The third-order valence-electron chi connectivity index (χ3n) is 6.29. The topological polar surface area (TPSA) is 88.6 Å². The van der Waals surface area contributed by atoms with E-state index in [0.29, 0.717) is 84.8 Å². The van der Waals surface area contributed by atoms with Crippen LogP contribution in [0.1, 0.15) is 32.6 Å². The van der Waals surface area contributed by atoms with Gasteiger partial charge in [-0.3, -0.25) is 9.59 Å². The number of piperidine rings is 1. The minimum Gasteiger partial charge on any atom is -0.450 e. The fourth-order valence-corrected chi connectivity index (χ4v) is 4.39. The molecule has 3 amide bonds. The normalized spacial score (nSPS) is 25.7. The van der Waals surface area contributed by atoms with Gasteiger partial charge in [-0.05, 0) is 19.8 Å². The minimum atomic E-state index is -0.895. The van der Waals surface area contributed by atoms with Gasteiger partial charge in [-0.25, -0.2) is 4.79 Å². The molecule has 0 bridgehead atoms. The molecule has 9 heteroatoms. The molecule has 0 unspecified atom stereocenters. The Morgan fingerprint density at radius 1 is 0.786 bits per heavy atom. The predicted octanol–water partition coefficient (Wildman–Crippen LogP) is 0.433. The Balaban J connectivity index is 1.32. The van der Waals surface area contributed by atoms with Gasteiger partial charge in [-0.2, -0.15) is 0 Å². The van der Waals surface area contributed by atoms with Crippen LogP contribution in [0.4, 0.5) is 4.79 Å². The number of carbonyl (C=O) groups excluding carboxylic acids is 3. The molecule has 0 aromatic rings. The van der Waals surface area contributed by atoms with E-state index in [9.17, 15) is 14.4 Å². The Morgan fingerprint density at radius 3 is 1.79 bits per heavy atom.